The Morgan fingerprint density at radius 3 is 2.85 bits per heavy atom. The van der Waals surface area contributed by atoms with Gasteiger partial charge in [0.2, 0.25) is 0 Å². The van der Waals surface area contributed by atoms with Crippen molar-refractivity contribution in [2.45, 2.75) is 51.5 Å². The average Bonchev–Trinajstić information content (AvgIpc) is 2.78. The molecule has 2 unspecified atom stereocenters. The quantitative estimate of drug-likeness (QED) is 0.896. The smallest absolute Gasteiger partial charge is 0.105 e. The van der Waals surface area contributed by atoms with Crippen molar-refractivity contribution in [3.8, 4) is 0 Å². The molecule has 1 aromatic carbocycles. The standard InChI is InChI=1S/C18H23NO/c1-12-10-17(13(2)20-12)18(19)11-15-8-5-7-14-6-3-4-9-16(14)15/h3-4,6,9-10,15,18H,5,7-8,11,19H2,1-2H3. The Morgan fingerprint density at radius 1 is 1.30 bits per heavy atom. The Morgan fingerprint density at radius 2 is 2.10 bits per heavy atom. The summed E-state index contributed by atoms with van der Waals surface area (Å²) in [6, 6.07) is 11.0. The van der Waals surface area contributed by atoms with Gasteiger partial charge in [-0.2, -0.15) is 0 Å². The first-order valence-electron chi connectivity index (χ1n) is 7.55. The van der Waals surface area contributed by atoms with Crippen LogP contribution in [0.25, 0.3) is 0 Å². The zero-order valence-corrected chi connectivity index (χ0v) is 12.4. The summed E-state index contributed by atoms with van der Waals surface area (Å²) in [7, 11) is 0. The van der Waals surface area contributed by atoms with Gasteiger partial charge in [0.1, 0.15) is 11.5 Å². The van der Waals surface area contributed by atoms with Crippen molar-refractivity contribution in [1.29, 1.82) is 0 Å². The molecule has 1 aliphatic carbocycles. The Hall–Kier alpha value is -1.54. The van der Waals surface area contributed by atoms with E-state index >= 15 is 0 Å². The largest absolute Gasteiger partial charge is 0.466 e. The van der Waals surface area contributed by atoms with E-state index in [2.05, 4.69) is 30.3 Å². The highest BCUT2D eigenvalue weighted by atomic mass is 16.3. The van der Waals surface area contributed by atoms with E-state index in [1.54, 1.807) is 0 Å². The molecule has 0 aliphatic heterocycles. The molecule has 1 heterocycles. The Kier molecular flexibility index (Phi) is 3.66. The van der Waals surface area contributed by atoms with Crippen LogP contribution in [0, 0.1) is 13.8 Å². The number of fused-ring (bicyclic) bond motifs is 1. The highest BCUT2D eigenvalue weighted by Gasteiger charge is 2.24. The number of aryl methyl sites for hydroxylation is 3. The third-order valence-electron chi connectivity index (χ3n) is 4.51. The fourth-order valence-electron chi connectivity index (χ4n) is 3.55. The van der Waals surface area contributed by atoms with Gasteiger partial charge in [-0.25, -0.2) is 0 Å². The maximum absolute atomic E-state index is 6.44. The minimum atomic E-state index is 0.0728. The third kappa shape index (κ3) is 2.53. The van der Waals surface area contributed by atoms with Crippen LogP contribution in [0.15, 0.2) is 34.7 Å². The van der Waals surface area contributed by atoms with Crippen LogP contribution in [-0.4, -0.2) is 0 Å². The second-order valence-corrected chi connectivity index (χ2v) is 6.00. The Balaban J connectivity index is 1.80. The number of rotatable bonds is 3. The van der Waals surface area contributed by atoms with E-state index in [0.29, 0.717) is 5.92 Å². The highest BCUT2D eigenvalue weighted by molar-refractivity contribution is 5.33. The lowest BCUT2D eigenvalue weighted by Crippen LogP contribution is -2.18. The average molecular weight is 269 g/mol. The first-order chi connectivity index (χ1) is 9.65. The summed E-state index contributed by atoms with van der Waals surface area (Å²) in [5, 5.41) is 0. The van der Waals surface area contributed by atoms with Crippen molar-refractivity contribution in [3.63, 3.8) is 0 Å². The summed E-state index contributed by atoms with van der Waals surface area (Å²) in [5.74, 6) is 2.51. The van der Waals surface area contributed by atoms with Crippen molar-refractivity contribution >= 4 is 0 Å². The fourth-order valence-corrected chi connectivity index (χ4v) is 3.55. The van der Waals surface area contributed by atoms with Gasteiger partial charge in [-0.3, -0.25) is 0 Å². The molecule has 0 saturated heterocycles. The van der Waals surface area contributed by atoms with Gasteiger partial charge in [0.25, 0.3) is 0 Å². The van der Waals surface area contributed by atoms with Gasteiger partial charge in [-0.1, -0.05) is 24.3 Å². The summed E-state index contributed by atoms with van der Waals surface area (Å²) in [4.78, 5) is 0. The van der Waals surface area contributed by atoms with Crippen molar-refractivity contribution in [2.75, 3.05) is 0 Å². The summed E-state index contributed by atoms with van der Waals surface area (Å²) in [6.45, 7) is 4.00. The van der Waals surface area contributed by atoms with Crippen LogP contribution in [0.2, 0.25) is 0 Å². The predicted octanol–water partition coefficient (Wildman–Crippen LogP) is 4.41. The molecule has 0 fully saturated rings. The highest BCUT2D eigenvalue weighted by Crippen LogP contribution is 2.37. The summed E-state index contributed by atoms with van der Waals surface area (Å²) in [6.07, 6.45) is 4.75. The molecular formula is C18H23NO. The molecule has 1 aliphatic rings. The predicted molar refractivity (Wildman–Crippen MR) is 81.8 cm³/mol. The molecule has 0 amide bonds. The lowest BCUT2D eigenvalue weighted by molar-refractivity contribution is 0.463. The molecular weight excluding hydrogens is 246 g/mol. The fraction of sp³-hybridized carbons (Fsp3) is 0.444. The van der Waals surface area contributed by atoms with E-state index in [4.69, 9.17) is 10.2 Å². The summed E-state index contributed by atoms with van der Waals surface area (Å²) < 4.78 is 5.61. The molecule has 0 spiro atoms. The molecule has 0 saturated carbocycles. The van der Waals surface area contributed by atoms with Gasteiger partial charge >= 0.3 is 0 Å². The lowest BCUT2D eigenvalue weighted by Gasteiger charge is -2.27. The maximum atomic E-state index is 6.44. The van der Waals surface area contributed by atoms with Gasteiger partial charge < -0.3 is 10.2 Å². The van der Waals surface area contributed by atoms with Crippen LogP contribution < -0.4 is 5.73 Å². The molecule has 3 rings (SSSR count). The second kappa shape index (κ2) is 5.45. The van der Waals surface area contributed by atoms with E-state index in [1.807, 2.05) is 13.8 Å². The second-order valence-electron chi connectivity index (χ2n) is 6.00. The molecule has 2 atom stereocenters. The molecule has 1 aromatic heterocycles. The molecule has 2 N–H and O–H groups in total. The van der Waals surface area contributed by atoms with Crippen molar-refractivity contribution < 1.29 is 4.42 Å². The normalized spacial score (nSPS) is 19.6. The summed E-state index contributed by atoms with van der Waals surface area (Å²) in [5.41, 5.74) is 10.6. The van der Waals surface area contributed by atoms with E-state index < -0.39 is 0 Å². The van der Waals surface area contributed by atoms with E-state index in [0.717, 1.165) is 17.9 Å². The zero-order chi connectivity index (χ0) is 14.1. The number of benzene rings is 1. The number of hydrogen-bond donors (Lipinski definition) is 1. The molecule has 0 radical (unpaired) electrons. The van der Waals surface area contributed by atoms with Gasteiger partial charge in [0, 0.05) is 11.6 Å². The topological polar surface area (TPSA) is 39.2 Å². The van der Waals surface area contributed by atoms with Crippen molar-refractivity contribution in [1.82, 2.24) is 0 Å². The molecule has 2 heteroatoms. The minimum absolute atomic E-state index is 0.0728. The molecule has 2 aromatic rings. The number of hydrogen-bond acceptors (Lipinski definition) is 2. The van der Waals surface area contributed by atoms with Gasteiger partial charge in [0.05, 0.1) is 0 Å². The number of furan rings is 1. The van der Waals surface area contributed by atoms with Crippen LogP contribution >= 0.6 is 0 Å². The zero-order valence-electron chi connectivity index (χ0n) is 12.4. The van der Waals surface area contributed by atoms with Gasteiger partial charge in [0.15, 0.2) is 0 Å². The monoisotopic (exact) mass is 269 g/mol. The van der Waals surface area contributed by atoms with Crippen molar-refractivity contribution in [2.24, 2.45) is 5.73 Å². The van der Waals surface area contributed by atoms with E-state index in [-0.39, 0.29) is 6.04 Å². The lowest BCUT2D eigenvalue weighted by atomic mass is 9.79. The minimum Gasteiger partial charge on any atom is -0.466 e. The molecule has 106 valence electrons. The van der Waals surface area contributed by atoms with Crippen LogP contribution in [-0.2, 0) is 6.42 Å². The van der Waals surface area contributed by atoms with Crippen LogP contribution in [0.1, 0.15) is 59.4 Å². The Bertz CT molecular complexity index is 599. The van der Waals surface area contributed by atoms with E-state index in [1.165, 1.54) is 36.0 Å². The van der Waals surface area contributed by atoms with Crippen molar-refractivity contribution in [3.05, 3.63) is 58.5 Å². The van der Waals surface area contributed by atoms with Crippen LogP contribution in [0.4, 0.5) is 0 Å². The first-order valence-corrected chi connectivity index (χ1v) is 7.55. The van der Waals surface area contributed by atoms with Crippen LogP contribution in [0.3, 0.4) is 0 Å². The SMILES string of the molecule is Cc1cc(C(N)CC2CCCc3ccccc32)c(C)o1. The van der Waals surface area contributed by atoms with Gasteiger partial charge in [-0.05, 0) is 62.6 Å². The number of nitrogens with two attached hydrogens (primary N) is 1. The third-order valence-corrected chi connectivity index (χ3v) is 4.51. The maximum Gasteiger partial charge on any atom is 0.105 e. The first kappa shape index (κ1) is 13.4. The molecule has 20 heavy (non-hydrogen) atoms. The molecule has 2 nitrogen and oxygen atoms in total. The molecule has 0 bridgehead atoms. The van der Waals surface area contributed by atoms with Gasteiger partial charge in [-0.15, -0.1) is 0 Å². The Labute approximate surface area is 121 Å². The van der Waals surface area contributed by atoms with Crippen LogP contribution in [0.5, 0.6) is 0 Å². The summed E-state index contributed by atoms with van der Waals surface area (Å²) >= 11 is 0. The van der Waals surface area contributed by atoms with E-state index in [9.17, 15) is 0 Å².